The Balaban J connectivity index is 3.20. The minimum absolute atomic E-state index is 0.144. The van der Waals surface area contributed by atoms with Crippen LogP contribution in [0.2, 0.25) is 0 Å². The van der Waals surface area contributed by atoms with Gasteiger partial charge < -0.3 is 5.73 Å². The number of hydrogen-bond donors (Lipinski definition) is 2. The maximum absolute atomic E-state index is 7.10. The first-order valence-corrected chi connectivity index (χ1v) is 4.70. The van der Waals surface area contributed by atoms with Crippen molar-refractivity contribution in [3.63, 3.8) is 0 Å². The van der Waals surface area contributed by atoms with Crippen LogP contribution in [0.4, 0.5) is 0 Å². The van der Waals surface area contributed by atoms with Gasteiger partial charge in [0.1, 0.15) is 5.84 Å². The van der Waals surface area contributed by atoms with Crippen LogP contribution in [-0.2, 0) is 0 Å². The van der Waals surface area contributed by atoms with E-state index in [1.54, 1.807) is 0 Å². The number of unbranched alkanes of at least 4 members (excludes halogenated alkanes) is 4. The second-order valence-electron chi connectivity index (χ2n) is 3.18. The molecule has 0 saturated heterocycles. The van der Waals surface area contributed by atoms with Crippen LogP contribution in [0, 0.1) is 5.41 Å². The summed E-state index contributed by atoms with van der Waals surface area (Å²) in [6.45, 7) is 5.93. The Bertz CT molecular complexity index is 150. The van der Waals surface area contributed by atoms with E-state index in [9.17, 15) is 0 Å². The average Bonchev–Trinajstić information content (AvgIpc) is 2.03. The lowest BCUT2D eigenvalue weighted by Gasteiger charge is -2.02. The van der Waals surface area contributed by atoms with Crippen LogP contribution < -0.4 is 5.73 Å². The Morgan fingerprint density at radius 2 is 1.83 bits per heavy atom. The Labute approximate surface area is 75.4 Å². The van der Waals surface area contributed by atoms with Gasteiger partial charge in [-0.3, -0.25) is 5.41 Å². The molecule has 0 saturated carbocycles. The number of hydrogen-bond acceptors (Lipinski definition) is 1. The number of nitrogens with one attached hydrogen (secondary N) is 1. The van der Waals surface area contributed by atoms with Gasteiger partial charge in [-0.2, -0.15) is 0 Å². The van der Waals surface area contributed by atoms with Gasteiger partial charge in [0.05, 0.1) is 0 Å². The van der Waals surface area contributed by atoms with E-state index in [-0.39, 0.29) is 5.84 Å². The van der Waals surface area contributed by atoms with Gasteiger partial charge in [0.2, 0.25) is 0 Å². The highest BCUT2D eigenvalue weighted by Gasteiger charge is 1.96. The minimum Gasteiger partial charge on any atom is -0.384 e. The van der Waals surface area contributed by atoms with E-state index in [1.165, 1.54) is 25.7 Å². The zero-order valence-electron chi connectivity index (χ0n) is 8.03. The third kappa shape index (κ3) is 5.96. The maximum Gasteiger partial charge on any atom is 0.118 e. The Morgan fingerprint density at radius 3 is 2.33 bits per heavy atom. The summed E-state index contributed by atoms with van der Waals surface area (Å²) in [5.74, 6) is 0.144. The summed E-state index contributed by atoms with van der Waals surface area (Å²) in [6, 6.07) is 0. The van der Waals surface area contributed by atoms with Crippen molar-refractivity contribution < 1.29 is 0 Å². The quantitative estimate of drug-likeness (QED) is 0.343. The van der Waals surface area contributed by atoms with Crippen LogP contribution in [0.5, 0.6) is 0 Å². The molecule has 0 aliphatic carbocycles. The van der Waals surface area contributed by atoms with E-state index in [4.69, 9.17) is 11.1 Å². The summed E-state index contributed by atoms with van der Waals surface area (Å²) in [6.07, 6.45) is 7.12. The SMILES string of the molecule is C=C(CCCCCCC)C(=N)N. The molecule has 0 aliphatic heterocycles. The molecule has 0 bridgehead atoms. The van der Waals surface area contributed by atoms with E-state index in [0.29, 0.717) is 0 Å². The van der Waals surface area contributed by atoms with Gasteiger partial charge in [0.25, 0.3) is 0 Å². The molecule has 0 radical (unpaired) electrons. The lowest BCUT2D eigenvalue weighted by Crippen LogP contribution is -2.11. The fraction of sp³-hybridized carbons (Fsp3) is 0.700. The fourth-order valence-corrected chi connectivity index (χ4v) is 1.08. The van der Waals surface area contributed by atoms with E-state index < -0.39 is 0 Å². The van der Waals surface area contributed by atoms with Crippen molar-refractivity contribution in [1.82, 2.24) is 0 Å². The highest BCUT2D eigenvalue weighted by molar-refractivity contribution is 5.93. The van der Waals surface area contributed by atoms with Crippen molar-refractivity contribution in [2.45, 2.75) is 45.4 Å². The summed E-state index contributed by atoms with van der Waals surface area (Å²) >= 11 is 0. The molecule has 2 nitrogen and oxygen atoms in total. The number of amidine groups is 1. The zero-order chi connectivity index (χ0) is 9.40. The standard InChI is InChI=1S/C10H20N2/c1-3-4-5-6-7-8-9(2)10(11)12/h2-8H2,1H3,(H3,11,12). The molecule has 0 atom stereocenters. The third-order valence-corrected chi connectivity index (χ3v) is 1.96. The molecule has 70 valence electrons. The first-order valence-electron chi connectivity index (χ1n) is 4.70. The summed E-state index contributed by atoms with van der Waals surface area (Å²) in [5.41, 5.74) is 6.04. The van der Waals surface area contributed by atoms with Gasteiger partial charge in [0.15, 0.2) is 0 Å². The van der Waals surface area contributed by atoms with Crippen molar-refractivity contribution in [2.75, 3.05) is 0 Å². The molecule has 0 rings (SSSR count). The van der Waals surface area contributed by atoms with Crippen molar-refractivity contribution >= 4 is 5.84 Å². The predicted molar refractivity (Wildman–Crippen MR) is 54.4 cm³/mol. The smallest absolute Gasteiger partial charge is 0.118 e. The number of rotatable bonds is 7. The summed E-state index contributed by atoms with van der Waals surface area (Å²) < 4.78 is 0. The van der Waals surface area contributed by atoms with Crippen LogP contribution in [0.3, 0.4) is 0 Å². The maximum atomic E-state index is 7.10. The molecule has 0 aromatic carbocycles. The first-order chi connectivity index (χ1) is 5.68. The predicted octanol–water partition coefficient (Wildman–Crippen LogP) is 2.84. The van der Waals surface area contributed by atoms with Crippen LogP contribution >= 0.6 is 0 Å². The van der Waals surface area contributed by atoms with Crippen LogP contribution in [0.25, 0.3) is 0 Å². The second kappa shape index (κ2) is 6.89. The fourth-order valence-electron chi connectivity index (χ4n) is 1.08. The summed E-state index contributed by atoms with van der Waals surface area (Å²) in [5, 5.41) is 7.10. The van der Waals surface area contributed by atoms with Crippen LogP contribution in [0.15, 0.2) is 12.2 Å². The van der Waals surface area contributed by atoms with Crippen LogP contribution in [0.1, 0.15) is 45.4 Å². The Kier molecular flexibility index (Phi) is 6.44. The van der Waals surface area contributed by atoms with Crippen molar-refractivity contribution in [1.29, 1.82) is 5.41 Å². The van der Waals surface area contributed by atoms with E-state index >= 15 is 0 Å². The van der Waals surface area contributed by atoms with Gasteiger partial charge in [0, 0.05) is 0 Å². The molecule has 0 unspecified atom stereocenters. The topological polar surface area (TPSA) is 49.9 Å². The molecule has 3 N–H and O–H groups in total. The van der Waals surface area contributed by atoms with Crippen molar-refractivity contribution in [2.24, 2.45) is 5.73 Å². The van der Waals surface area contributed by atoms with Gasteiger partial charge >= 0.3 is 0 Å². The molecular weight excluding hydrogens is 148 g/mol. The van der Waals surface area contributed by atoms with Gasteiger partial charge in [-0.15, -0.1) is 0 Å². The molecule has 2 heteroatoms. The zero-order valence-corrected chi connectivity index (χ0v) is 8.03. The monoisotopic (exact) mass is 168 g/mol. The Hall–Kier alpha value is -0.790. The van der Waals surface area contributed by atoms with Crippen LogP contribution in [-0.4, -0.2) is 5.84 Å². The van der Waals surface area contributed by atoms with Crippen molar-refractivity contribution in [3.05, 3.63) is 12.2 Å². The molecule has 0 aromatic rings. The molecular formula is C10H20N2. The average molecular weight is 168 g/mol. The molecule has 0 amide bonds. The lowest BCUT2D eigenvalue weighted by molar-refractivity contribution is 0.634. The molecule has 0 fully saturated rings. The highest BCUT2D eigenvalue weighted by atomic mass is 14.7. The largest absolute Gasteiger partial charge is 0.384 e. The highest BCUT2D eigenvalue weighted by Crippen LogP contribution is 2.08. The van der Waals surface area contributed by atoms with Gasteiger partial charge in [-0.25, -0.2) is 0 Å². The lowest BCUT2D eigenvalue weighted by atomic mass is 10.1. The molecule has 0 aliphatic rings. The van der Waals surface area contributed by atoms with E-state index in [1.807, 2.05) is 0 Å². The summed E-state index contributed by atoms with van der Waals surface area (Å²) in [4.78, 5) is 0. The van der Waals surface area contributed by atoms with Gasteiger partial charge in [-0.05, 0) is 18.4 Å². The first kappa shape index (κ1) is 11.2. The molecule has 0 heterocycles. The third-order valence-electron chi connectivity index (χ3n) is 1.96. The minimum atomic E-state index is 0.144. The Morgan fingerprint density at radius 1 is 1.25 bits per heavy atom. The molecule has 0 spiro atoms. The molecule has 0 aromatic heterocycles. The van der Waals surface area contributed by atoms with Gasteiger partial charge in [-0.1, -0.05) is 39.2 Å². The summed E-state index contributed by atoms with van der Waals surface area (Å²) in [7, 11) is 0. The second-order valence-corrected chi connectivity index (χ2v) is 3.18. The normalized spacial score (nSPS) is 9.75. The van der Waals surface area contributed by atoms with E-state index in [2.05, 4.69) is 13.5 Å². The van der Waals surface area contributed by atoms with E-state index in [0.717, 1.165) is 18.4 Å². The van der Waals surface area contributed by atoms with Crippen molar-refractivity contribution in [3.8, 4) is 0 Å². The number of nitrogens with two attached hydrogens (primary N) is 1. The molecule has 12 heavy (non-hydrogen) atoms.